The van der Waals surface area contributed by atoms with Gasteiger partial charge < -0.3 is 5.32 Å². The molecule has 17 heavy (non-hydrogen) atoms. The zero-order valence-electron chi connectivity index (χ0n) is 11.4. The van der Waals surface area contributed by atoms with Crippen molar-refractivity contribution in [1.82, 2.24) is 5.32 Å². The molecule has 1 aliphatic carbocycles. The Morgan fingerprint density at radius 1 is 1.29 bits per heavy atom. The van der Waals surface area contributed by atoms with Crippen molar-refractivity contribution in [2.24, 2.45) is 5.41 Å². The predicted molar refractivity (Wildman–Crippen MR) is 74.2 cm³/mol. The highest BCUT2D eigenvalue weighted by Crippen LogP contribution is 2.47. The van der Waals surface area contributed by atoms with E-state index in [-0.39, 0.29) is 0 Å². The van der Waals surface area contributed by atoms with Crippen LogP contribution >= 0.6 is 0 Å². The lowest BCUT2D eigenvalue weighted by atomic mass is 9.77. The molecule has 1 fully saturated rings. The lowest BCUT2D eigenvalue weighted by Crippen LogP contribution is -2.32. The molecule has 1 aromatic rings. The van der Waals surface area contributed by atoms with E-state index in [0.29, 0.717) is 11.5 Å². The molecule has 1 saturated carbocycles. The molecule has 1 atom stereocenters. The average molecular weight is 231 g/mol. The Morgan fingerprint density at radius 2 is 2.00 bits per heavy atom. The van der Waals surface area contributed by atoms with Crippen molar-refractivity contribution in [3.63, 3.8) is 0 Å². The molecule has 0 saturated heterocycles. The molecule has 1 nitrogen and oxygen atoms in total. The second-order valence-electron chi connectivity index (χ2n) is 5.68. The van der Waals surface area contributed by atoms with E-state index in [9.17, 15) is 0 Å². The zero-order chi connectivity index (χ0) is 12.3. The summed E-state index contributed by atoms with van der Waals surface area (Å²) in [5, 5.41) is 3.55. The highest BCUT2D eigenvalue weighted by Gasteiger charge is 2.36. The Labute approximate surface area is 106 Å². The molecule has 1 unspecified atom stereocenters. The lowest BCUT2D eigenvalue weighted by Gasteiger charge is -2.34. The number of aryl methyl sites for hydroxylation is 1. The van der Waals surface area contributed by atoms with E-state index in [1.54, 1.807) is 0 Å². The van der Waals surface area contributed by atoms with Crippen LogP contribution in [0.4, 0.5) is 0 Å². The molecule has 1 N–H and O–H groups in total. The zero-order valence-corrected chi connectivity index (χ0v) is 11.4. The Morgan fingerprint density at radius 3 is 2.59 bits per heavy atom. The number of hydrogen-bond acceptors (Lipinski definition) is 1. The van der Waals surface area contributed by atoms with Gasteiger partial charge in [0.2, 0.25) is 0 Å². The van der Waals surface area contributed by atoms with Crippen LogP contribution in [-0.2, 0) is 6.42 Å². The van der Waals surface area contributed by atoms with Crippen molar-refractivity contribution in [1.29, 1.82) is 0 Å². The molecule has 94 valence electrons. The summed E-state index contributed by atoms with van der Waals surface area (Å²) in [5.74, 6) is 0. The van der Waals surface area contributed by atoms with Gasteiger partial charge in [-0.15, -0.1) is 0 Å². The van der Waals surface area contributed by atoms with Gasteiger partial charge in [0.1, 0.15) is 0 Å². The van der Waals surface area contributed by atoms with Gasteiger partial charge in [-0.05, 0) is 42.9 Å². The summed E-state index contributed by atoms with van der Waals surface area (Å²) in [7, 11) is 2.10. The van der Waals surface area contributed by atoms with Crippen LogP contribution in [0.5, 0.6) is 0 Å². The van der Waals surface area contributed by atoms with Gasteiger partial charge in [-0.3, -0.25) is 0 Å². The van der Waals surface area contributed by atoms with Crippen molar-refractivity contribution in [2.75, 3.05) is 7.05 Å². The van der Waals surface area contributed by atoms with Crippen LogP contribution in [-0.4, -0.2) is 7.05 Å². The summed E-state index contributed by atoms with van der Waals surface area (Å²) in [4.78, 5) is 0. The van der Waals surface area contributed by atoms with Crippen LogP contribution in [0.1, 0.15) is 56.7 Å². The van der Waals surface area contributed by atoms with Crippen LogP contribution in [0.2, 0.25) is 0 Å². The van der Waals surface area contributed by atoms with Crippen LogP contribution in [0.15, 0.2) is 24.3 Å². The van der Waals surface area contributed by atoms with E-state index >= 15 is 0 Å². The van der Waals surface area contributed by atoms with E-state index in [0.717, 1.165) is 6.42 Å². The first kappa shape index (κ1) is 12.6. The Kier molecular flexibility index (Phi) is 3.88. The Bertz CT molecular complexity index is 364. The van der Waals surface area contributed by atoms with E-state index in [1.807, 2.05) is 0 Å². The van der Waals surface area contributed by atoms with Gasteiger partial charge in [0.15, 0.2) is 0 Å². The fourth-order valence-electron chi connectivity index (χ4n) is 3.38. The first-order valence-corrected chi connectivity index (χ1v) is 6.96. The summed E-state index contributed by atoms with van der Waals surface area (Å²) in [6.45, 7) is 4.67. The van der Waals surface area contributed by atoms with Gasteiger partial charge in [0.05, 0.1) is 0 Å². The van der Waals surface area contributed by atoms with Crippen molar-refractivity contribution >= 4 is 0 Å². The predicted octanol–water partition coefficient (Wildman–Crippen LogP) is 4.09. The monoisotopic (exact) mass is 231 g/mol. The van der Waals surface area contributed by atoms with Gasteiger partial charge in [-0.2, -0.15) is 0 Å². The van der Waals surface area contributed by atoms with Crippen molar-refractivity contribution in [3.05, 3.63) is 35.4 Å². The highest BCUT2D eigenvalue weighted by molar-refractivity contribution is 5.27. The van der Waals surface area contributed by atoms with Gasteiger partial charge in [-0.1, -0.05) is 51.0 Å². The lowest BCUT2D eigenvalue weighted by molar-refractivity contribution is 0.233. The third kappa shape index (κ3) is 2.55. The molecule has 0 radical (unpaired) electrons. The second kappa shape index (κ2) is 5.22. The fourth-order valence-corrected chi connectivity index (χ4v) is 3.38. The number of hydrogen-bond donors (Lipinski definition) is 1. The van der Waals surface area contributed by atoms with E-state index < -0.39 is 0 Å². The first-order valence-electron chi connectivity index (χ1n) is 6.96. The van der Waals surface area contributed by atoms with E-state index in [2.05, 4.69) is 50.5 Å². The fraction of sp³-hybridized carbons (Fsp3) is 0.625. The maximum Gasteiger partial charge on any atom is 0.0372 e. The maximum absolute atomic E-state index is 3.55. The summed E-state index contributed by atoms with van der Waals surface area (Å²) in [6, 6.07) is 9.61. The Balaban J connectivity index is 2.27. The normalized spacial score (nSPS) is 20.4. The first-order chi connectivity index (χ1) is 8.19. The molecule has 1 aliphatic rings. The van der Waals surface area contributed by atoms with Gasteiger partial charge in [0, 0.05) is 6.04 Å². The van der Waals surface area contributed by atoms with Crippen molar-refractivity contribution in [3.8, 4) is 0 Å². The van der Waals surface area contributed by atoms with Crippen LogP contribution in [0, 0.1) is 5.41 Å². The van der Waals surface area contributed by atoms with Crippen LogP contribution in [0.3, 0.4) is 0 Å². The number of nitrogens with one attached hydrogen (secondary N) is 1. The second-order valence-corrected chi connectivity index (χ2v) is 5.68. The molecule has 1 aromatic carbocycles. The SMILES string of the molecule is CCc1cccc(C(NC)C2(C)CCCC2)c1. The summed E-state index contributed by atoms with van der Waals surface area (Å²) < 4.78 is 0. The Hall–Kier alpha value is -0.820. The third-order valence-corrected chi connectivity index (χ3v) is 4.42. The quantitative estimate of drug-likeness (QED) is 0.823. The molecular weight excluding hydrogens is 206 g/mol. The molecule has 0 aliphatic heterocycles. The largest absolute Gasteiger partial charge is 0.313 e. The van der Waals surface area contributed by atoms with Crippen molar-refractivity contribution < 1.29 is 0 Å². The van der Waals surface area contributed by atoms with Crippen LogP contribution in [0.25, 0.3) is 0 Å². The molecular formula is C16H25N. The minimum atomic E-state index is 0.446. The average Bonchev–Trinajstić information content (AvgIpc) is 2.78. The van der Waals surface area contributed by atoms with E-state index in [1.165, 1.54) is 36.8 Å². The van der Waals surface area contributed by atoms with Gasteiger partial charge >= 0.3 is 0 Å². The van der Waals surface area contributed by atoms with Crippen molar-refractivity contribution in [2.45, 2.75) is 52.0 Å². The molecule has 2 rings (SSSR count). The smallest absolute Gasteiger partial charge is 0.0372 e. The molecule has 0 heterocycles. The molecule has 0 bridgehead atoms. The topological polar surface area (TPSA) is 12.0 Å². The summed E-state index contributed by atoms with van der Waals surface area (Å²) >= 11 is 0. The molecule has 0 spiro atoms. The van der Waals surface area contributed by atoms with E-state index in [4.69, 9.17) is 0 Å². The minimum Gasteiger partial charge on any atom is -0.313 e. The summed E-state index contributed by atoms with van der Waals surface area (Å²) in [5.41, 5.74) is 3.36. The standard InChI is InChI=1S/C16H25N/c1-4-13-8-7-9-14(12-13)15(17-3)16(2)10-5-6-11-16/h7-9,12,15,17H,4-6,10-11H2,1-3H3. The minimum absolute atomic E-state index is 0.446. The third-order valence-electron chi connectivity index (χ3n) is 4.42. The number of rotatable bonds is 4. The molecule has 0 aromatic heterocycles. The summed E-state index contributed by atoms with van der Waals surface area (Å²) in [6.07, 6.45) is 6.62. The number of benzene rings is 1. The molecule has 1 heteroatoms. The molecule has 0 amide bonds. The van der Waals surface area contributed by atoms with Gasteiger partial charge in [-0.25, -0.2) is 0 Å². The highest BCUT2D eigenvalue weighted by atomic mass is 14.9. The maximum atomic E-state index is 3.55. The van der Waals surface area contributed by atoms with Gasteiger partial charge in [0.25, 0.3) is 0 Å². The van der Waals surface area contributed by atoms with Crippen LogP contribution < -0.4 is 5.32 Å².